The van der Waals surface area contributed by atoms with Crippen molar-refractivity contribution in [2.24, 2.45) is 5.92 Å². The first-order chi connectivity index (χ1) is 11.2. The lowest BCUT2D eigenvalue weighted by atomic mass is 9.87. The van der Waals surface area contributed by atoms with E-state index < -0.39 is 0 Å². The molecule has 122 valence electrons. The number of halogens is 1. The Balaban J connectivity index is 1.50. The molecule has 0 aliphatic heterocycles. The van der Waals surface area contributed by atoms with Crippen molar-refractivity contribution in [2.75, 3.05) is 0 Å². The predicted molar refractivity (Wildman–Crippen MR) is 84.9 cm³/mol. The Morgan fingerprint density at radius 3 is 2.70 bits per heavy atom. The summed E-state index contributed by atoms with van der Waals surface area (Å²) in [5.41, 5.74) is 1.43. The summed E-state index contributed by atoms with van der Waals surface area (Å²) in [5.74, 6) is 0.879. The summed E-state index contributed by atoms with van der Waals surface area (Å²) < 4.78 is 18.2. The van der Waals surface area contributed by atoms with Gasteiger partial charge in [0.15, 0.2) is 5.76 Å². The van der Waals surface area contributed by atoms with Gasteiger partial charge in [-0.1, -0.05) is 24.4 Å². The Kier molecular flexibility index (Phi) is 5.05. The zero-order valence-electron chi connectivity index (χ0n) is 13.1. The molecule has 1 fully saturated rings. The van der Waals surface area contributed by atoms with E-state index in [4.69, 9.17) is 4.52 Å². The minimum atomic E-state index is -0.288. The van der Waals surface area contributed by atoms with Crippen LogP contribution < -0.4 is 5.32 Å². The topological polar surface area (TPSA) is 55.1 Å². The second-order valence-corrected chi connectivity index (χ2v) is 6.17. The van der Waals surface area contributed by atoms with E-state index in [1.54, 1.807) is 18.2 Å². The lowest BCUT2D eigenvalue weighted by Crippen LogP contribution is -2.26. The van der Waals surface area contributed by atoms with Crippen LogP contribution in [0.2, 0.25) is 0 Å². The second kappa shape index (κ2) is 7.40. The van der Waals surface area contributed by atoms with Crippen molar-refractivity contribution in [3.63, 3.8) is 0 Å². The second-order valence-electron chi connectivity index (χ2n) is 6.17. The lowest BCUT2D eigenvalue weighted by Gasteiger charge is -2.20. The van der Waals surface area contributed by atoms with Gasteiger partial charge in [-0.3, -0.25) is 4.79 Å². The van der Waals surface area contributed by atoms with Crippen LogP contribution in [0, 0.1) is 11.7 Å². The molecule has 1 amide bonds. The van der Waals surface area contributed by atoms with Gasteiger partial charge in [0, 0.05) is 18.1 Å². The molecule has 0 spiro atoms. The molecule has 0 atom stereocenters. The van der Waals surface area contributed by atoms with Gasteiger partial charge >= 0.3 is 0 Å². The number of carbonyl (C=O) groups excluding carboxylic acids is 1. The van der Waals surface area contributed by atoms with Crippen molar-refractivity contribution in [2.45, 2.75) is 45.1 Å². The van der Waals surface area contributed by atoms with Crippen LogP contribution in [-0.4, -0.2) is 11.1 Å². The van der Waals surface area contributed by atoms with E-state index in [9.17, 15) is 9.18 Å². The van der Waals surface area contributed by atoms with E-state index in [1.807, 2.05) is 0 Å². The fraction of sp³-hybridized carbons (Fsp3) is 0.444. The van der Waals surface area contributed by atoms with E-state index in [2.05, 4.69) is 10.5 Å². The molecule has 5 heteroatoms. The highest BCUT2D eigenvalue weighted by molar-refractivity contribution is 5.76. The molecule has 0 radical (unpaired) electrons. The maximum absolute atomic E-state index is 12.9. The smallest absolute Gasteiger partial charge is 0.220 e. The Hall–Kier alpha value is -2.17. The van der Waals surface area contributed by atoms with E-state index in [0.29, 0.717) is 30.3 Å². The molecule has 1 aromatic heterocycles. The molecule has 1 aromatic carbocycles. The maximum atomic E-state index is 12.9. The van der Waals surface area contributed by atoms with Gasteiger partial charge in [0.05, 0.1) is 6.54 Å². The summed E-state index contributed by atoms with van der Waals surface area (Å²) in [6.45, 7) is 0.357. The third kappa shape index (κ3) is 4.41. The number of carbonyl (C=O) groups is 1. The molecule has 1 saturated carbocycles. The highest BCUT2D eigenvalue weighted by Gasteiger charge is 2.17. The number of amides is 1. The molecule has 0 unspecified atom stereocenters. The highest BCUT2D eigenvalue weighted by Crippen LogP contribution is 2.26. The van der Waals surface area contributed by atoms with E-state index in [-0.39, 0.29) is 11.7 Å². The van der Waals surface area contributed by atoms with Crippen molar-refractivity contribution in [1.29, 1.82) is 0 Å². The third-order valence-corrected chi connectivity index (χ3v) is 4.35. The summed E-state index contributed by atoms with van der Waals surface area (Å²) in [6, 6.07) is 7.81. The van der Waals surface area contributed by atoms with Gasteiger partial charge < -0.3 is 9.84 Å². The number of aromatic nitrogens is 1. The molecule has 0 bridgehead atoms. The van der Waals surface area contributed by atoms with Crippen LogP contribution in [-0.2, 0) is 11.3 Å². The van der Waals surface area contributed by atoms with Gasteiger partial charge in [0.2, 0.25) is 5.91 Å². The number of hydrogen-bond acceptors (Lipinski definition) is 3. The van der Waals surface area contributed by atoms with Crippen LogP contribution in [0.15, 0.2) is 34.9 Å². The first-order valence-electron chi connectivity index (χ1n) is 8.19. The molecule has 1 N–H and O–H groups in total. The molecular formula is C18H21FN2O2. The van der Waals surface area contributed by atoms with E-state index >= 15 is 0 Å². The van der Waals surface area contributed by atoms with Crippen LogP contribution >= 0.6 is 0 Å². The first kappa shape index (κ1) is 15.7. The van der Waals surface area contributed by atoms with Gasteiger partial charge in [-0.2, -0.15) is 0 Å². The van der Waals surface area contributed by atoms with Gasteiger partial charge in [0.25, 0.3) is 0 Å². The number of benzene rings is 1. The third-order valence-electron chi connectivity index (χ3n) is 4.35. The van der Waals surface area contributed by atoms with Gasteiger partial charge in [-0.15, -0.1) is 0 Å². The fourth-order valence-electron chi connectivity index (χ4n) is 3.06. The van der Waals surface area contributed by atoms with Crippen LogP contribution in [0.5, 0.6) is 0 Å². The number of hydrogen-bond donors (Lipinski definition) is 1. The zero-order chi connectivity index (χ0) is 16.1. The highest BCUT2D eigenvalue weighted by atomic mass is 19.1. The van der Waals surface area contributed by atoms with E-state index in [1.165, 1.54) is 31.4 Å². The first-order valence-corrected chi connectivity index (χ1v) is 8.19. The Morgan fingerprint density at radius 2 is 1.96 bits per heavy atom. The average Bonchev–Trinajstić information content (AvgIpc) is 3.04. The molecule has 0 saturated heterocycles. The standard InChI is InChI=1S/C18H21FN2O2/c19-15-8-6-14(7-9-15)17-11-16(21-23-17)12-20-18(22)10-13-4-2-1-3-5-13/h6-9,11,13H,1-5,10,12H2,(H,20,22). The summed E-state index contributed by atoms with van der Waals surface area (Å²) in [4.78, 5) is 12.0. The summed E-state index contributed by atoms with van der Waals surface area (Å²) >= 11 is 0. The van der Waals surface area contributed by atoms with Gasteiger partial charge in [-0.25, -0.2) is 4.39 Å². The summed E-state index contributed by atoms with van der Waals surface area (Å²) in [6.07, 6.45) is 6.69. The normalized spacial score (nSPS) is 15.5. The van der Waals surface area contributed by atoms with Crippen LogP contribution in [0.4, 0.5) is 4.39 Å². The monoisotopic (exact) mass is 316 g/mol. The molecule has 1 aliphatic carbocycles. The lowest BCUT2D eigenvalue weighted by molar-refractivity contribution is -0.122. The van der Waals surface area contributed by atoms with Crippen LogP contribution in [0.25, 0.3) is 11.3 Å². The number of rotatable bonds is 5. The van der Waals surface area contributed by atoms with E-state index in [0.717, 1.165) is 18.4 Å². The Labute approximate surface area is 135 Å². The minimum Gasteiger partial charge on any atom is -0.356 e. The molecular weight excluding hydrogens is 295 g/mol. The molecule has 4 nitrogen and oxygen atoms in total. The summed E-state index contributed by atoms with van der Waals surface area (Å²) in [5, 5.41) is 6.85. The van der Waals surface area contributed by atoms with Crippen molar-refractivity contribution in [3.8, 4) is 11.3 Å². The largest absolute Gasteiger partial charge is 0.356 e. The molecule has 1 aliphatic rings. The Morgan fingerprint density at radius 1 is 1.22 bits per heavy atom. The van der Waals surface area contributed by atoms with Crippen molar-refractivity contribution < 1.29 is 13.7 Å². The van der Waals surface area contributed by atoms with Crippen LogP contribution in [0.1, 0.15) is 44.2 Å². The molecule has 1 heterocycles. The molecule has 2 aromatic rings. The van der Waals surface area contributed by atoms with Gasteiger partial charge in [-0.05, 0) is 43.0 Å². The van der Waals surface area contributed by atoms with Crippen LogP contribution in [0.3, 0.4) is 0 Å². The number of nitrogens with zero attached hydrogens (tertiary/aromatic N) is 1. The number of nitrogens with one attached hydrogen (secondary N) is 1. The minimum absolute atomic E-state index is 0.0724. The zero-order valence-corrected chi connectivity index (χ0v) is 13.1. The predicted octanol–water partition coefficient (Wildman–Crippen LogP) is 4.07. The fourth-order valence-corrected chi connectivity index (χ4v) is 3.06. The molecule has 23 heavy (non-hydrogen) atoms. The maximum Gasteiger partial charge on any atom is 0.220 e. The quantitative estimate of drug-likeness (QED) is 0.904. The average molecular weight is 316 g/mol. The summed E-state index contributed by atoms with van der Waals surface area (Å²) in [7, 11) is 0. The van der Waals surface area contributed by atoms with Crippen molar-refractivity contribution >= 4 is 5.91 Å². The van der Waals surface area contributed by atoms with Crippen molar-refractivity contribution in [3.05, 3.63) is 41.8 Å². The SMILES string of the molecule is O=C(CC1CCCCC1)NCc1cc(-c2ccc(F)cc2)on1. The Bertz CT molecular complexity index is 645. The van der Waals surface area contributed by atoms with Crippen molar-refractivity contribution in [1.82, 2.24) is 10.5 Å². The molecule has 3 rings (SSSR count). The van der Waals surface area contributed by atoms with Gasteiger partial charge in [0.1, 0.15) is 11.5 Å².